The summed E-state index contributed by atoms with van der Waals surface area (Å²) in [7, 11) is 0. The largest absolute Gasteiger partial charge is 0.467 e. The van der Waals surface area contributed by atoms with Crippen LogP contribution in [0.1, 0.15) is 36.7 Å². The number of pyridine rings is 1. The second kappa shape index (κ2) is 9.45. The van der Waals surface area contributed by atoms with Crippen LogP contribution in [0.2, 0.25) is 0 Å². The Balaban J connectivity index is 1.55. The third-order valence-corrected chi connectivity index (χ3v) is 5.89. The first-order valence-corrected chi connectivity index (χ1v) is 10.8. The van der Waals surface area contributed by atoms with Crippen molar-refractivity contribution in [2.24, 2.45) is 0 Å². The summed E-state index contributed by atoms with van der Waals surface area (Å²) in [5.41, 5.74) is 2.70. The van der Waals surface area contributed by atoms with Gasteiger partial charge in [0, 0.05) is 24.2 Å². The van der Waals surface area contributed by atoms with Gasteiger partial charge in [0.05, 0.1) is 25.5 Å². The van der Waals surface area contributed by atoms with E-state index in [2.05, 4.69) is 29.4 Å². The summed E-state index contributed by atoms with van der Waals surface area (Å²) in [6.45, 7) is 4.48. The van der Waals surface area contributed by atoms with Gasteiger partial charge in [-0.25, -0.2) is 0 Å². The average Bonchev–Trinajstić information content (AvgIpc) is 3.46. The second-order valence-corrected chi connectivity index (χ2v) is 8.04. The number of ether oxygens (including phenoxy) is 1. The molecule has 1 aromatic carbocycles. The zero-order chi connectivity index (χ0) is 20.9. The van der Waals surface area contributed by atoms with Crippen molar-refractivity contribution in [3.63, 3.8) is 0 Å². The van der Waals surface area contributed by atoms with Gasteiger partial charge in [0.2, 0.25) is 0 Å². The lowest BCUT2D eigenvalue weighted by atomic mass is 10.1. The minimum absolute atomic E-state index is 0.0853. The molecule has 1 aliphatic heterocycles. The van der Waals surface area contributed by atoms with Crippen LogP contribution in [0.3, 0.4) is 0 Å². The standard InChI is InChI=1S/C23H27N3O3S/c1-2-16-7-8-21-17(11-16)12-18(22(27)25-21)14-26(15-20-6-4-10-29-20)23(30)24-13-19-5-3-9-28-19/h3,5,7-9,11-12,20H,2,4,6,10,13-15H2,1H3,(H,24,30)(H,25,27)/t20-/m0/s1. The van der Waals surface area contributed by atoms with Gasteiger partial charge in [-0.05, 0) is 72.8 Å². The molecule has 0 spiro atoms. The van der Waals surface area contributed by atoms with Crippen LogP contribution in [0.15, 0.2) is 51.9 Å². The lowest BCUT2D eigenvalue weighted by Gasteiger charge is -2.28. The van der Waals surface area contributed by atoms with Crippen LogP contribution in [0, 0.1) is 0 Å². The van der Waals surface area contributed by atoms with Gasteiger partial charge in [-0.15, -0.1) is 0 Å². The number of aromatic nitrogens is 1. The Morgan fingerprint density at radius 2 is 2.23 bits per heavy atom. The molecule has 30 heavy (non-hydrogen) atoms. The van der Waals surface area contributed by atoms with Crippen molar-refractivity contribution in [3.8, 4) is 0 Å². The number of nitrogens with zero attached hydrogens (tertiary/aromatic N) is 1. The number of furan rings is 1. The number of benzene rings is 1. The van der Waals surface area contributed by atoms with E-state index in [4.69, 9.17) is 21.4 Å². The maximum Gasteiger partial charge on any atom is 0.253 e. The van der Waals surface area contributed by atoms with Gasteiger partial charge in [-0.1, -0.05) is 13.0 Å². The molecule has 0 bridgehead atoms. The molecule has 1 saturated heterocycles. The van der Waals surface area contributed by atoms with Crippen molar-refractivity contribution in [3.05, 3.63) is 69.9 Å². The number of thiocarbonyl (C=S) groups is 1. The molecule has 1 aliphatic rings. The molecule has 6 nitrogen and oxygen atoms in total. The number of hydrogen-bond donors (Lipinski definition) is 2. The molecule has 3 aromatic rings. The number of fused-ring (bicyclic) bond motifs is 1. The fraction of sp³-hybridized carbons (Fsp3) is 0.391. The van der Waals surface area contributed by atoms with Crippen molar-refractivity contribution < 1.29 is 9.15 Å². The number of aryl methyl sites for hydroxylation is 1. The van der Waals surface area contributed by atoms with Crippen molar-refractivity contribution in [1.82, 2.24) is 15.2 Å². The first kappa shape index (κ1) is 20.6. The molecule has 0 amide bonds. The Hall–Kier alpha value is -2.64. The molecule has 0 aliphatic carbocycles. The first-order valence-electron chi connectivity index (χ1n) is 10.4. The van der Waals surface area contributed by atoms with Crippen molar-refractivity contribution in [1.29, 1.82) is 0 Å². The van der Waals surface area contributed by atoms with Gasteiger partial charge in [0.15, 0.2) is 5.11 Å². The molecule has 158 valence electrons. The molecule has 2 aromatic heterocycles. The number of H-pyrrole nitrogens is 1. The topological polar surface area (TPSA) is 70.5 Å². The summed E-state index contributed by atoms with van der Waals surface area (Å²) in [5, 5.41) is 4.87. The van der Waals surface area contributed by atoms with Crippen molar-refractivity contribution in [2.75, 3.05) is 13.2 Å². The smallest absolute Gasteiger partial charge is 0.253 e. The minimum Gasteiger partial charge on any atom is -0.467 e. The molecule has 0 saturated carbocycles. The predicted octanol–water partition coefficient (Wildman–Crippen LogP) is 3.74. The molecule has 0 unspecified atom stereocenters. The predicted molar refractivity (Wildman–Crippen MR) is 121 cm³/mol. The normalized spacial score (nSPS) is 16.1. The molecular formula is C23H27N3O3S. The van der Waals surface area contributed by atoms with E-state index in [1.54, 1.807) is 6.26 Å². The van der Waals surface area contributed by atoms with E-state index in [1.165, 1.54) is 5.56 Å². The number of hydrogen-bond acceptors (Lipinski definition) is 4. The van der Waals surface area contributed by atoms with Gasteiger partial charge in [0.25, 0.3) is 5.56 Å². The van der Waals surface area contributed by atoms with E-state index in [0.717, 1.165) is 42.5 Å². The summed E-state index contributed by atoms with van der Waals surface area (Å²) < 4.78 is 11.2. The summed E-state index contributed by atoms with van der Waals surface area (Å²) >= 11 is 5.67. The third kappa shape index (κ3) is 4.91. The fourth-order valence-electron chi connectivity index (χ4n) is 3.79. The zero-order valence-electron chi connectivity index (χ0n) is 17.1. The highest BCUT2D eigenvalue weighted by atomic mass is 32.1. The van der Waals surface area contributed by atoms with Crippen molar-refractivity contribution >= 4 is 28.2 Å². The highest BCUT2D eigenvalue weighted by Gasteiger charge is 2.22. The Morgan fingerprint density at radius 1 is 1.33 bits per heavy atom. The van der Waals surface area contributed by atoms with E-state index in [1.807, 2.05) is 29.2 Å². The average molecular weight is 426 g/mol. The fourth-order valence-corrected chi connectivity index (χ4v) is 4.00. The van der Waals surface area contributed by atoms with Gasteiger partial charge in [-0.2, -0.15) is 0 Å². The lowest BCUT2D eigenvalue weighted by molar-refractivity contribution is 0.0896. The van der Waals surface area contributed by atoms with Crippen LogP contribution in [-0.2, 0) is 24.2 Å². The number of aromatic amines is 1. The van der Waals surface area contributed by atoms with E-state index in [0.29, 0.717) is 30.3 Å². The number of nitrogens with one attached hydrogen (secondary N) is 2. The summed E-state index contributed by atoms with van der Waals surface area (Å²) in [5.74, 6) is 0.810. The third-order valence-electron chi connectivity index (χ3n) is 5.48. The van der Waals surface area contributed by atoms with Crippen molar-refractivity contribution in [2.45, 2.75) is 45.4 Å². The quantitative estimate of drug-likeness (QED) is 0.562. The van der Waals surface area contributed by atoms with Crippen LogP contribution < -0.4 is 10.9 Å². The Kier molecular flexibility index (Phi) is 6.50. The highest BCUT2D eigenvalue weighted by molar-refractivity contribution is 7.80. The van der Waals surface area contributed by atoms with Crippen LogP contribution in [-0.4, -0.2) is 34.3 Å². The van der Waals surface area contributed by atoms with Gasteiger partial charge >= 0.3 is 0 Å². The molecule has 1 fully saturated rings. The summed E-state index contributed by atoms with van der Waals surface area (Å²) in [6, 6.07) is 11.9. The SMILES string of the molecule is CCc1ccc2[nH]c(=O)c(CN(C[C@@H]3CCCO3)C(=S)NCc3ccco3)cc2c1. The molecule has 7 heteroatoms. The van der Waals surface area contributed by atoms with E-state index in [9.17, 15) is 4.79 Å². The second-order valence-electron chi connectivity index (χ2n) is 7.65. The molecule has 4 rings (SSSR count). The number of rotatable bonds is 7. The van der Waals surface area contributed by atoms with Gasteiger partial charge in [-0.3, -0.25) is 4.79 Å². The highest BCUT2D eigenvalue weighted by Crippen LogP contribution is 2.18. The van der Waals surface area contributed by atoms with E-state index < -0.39 is 0 Å². The van der Waals surface area contributed by atoms with Crippen LogP contribution in [0.5, 0.6) is 0 Å². The Morgan fingerprint density at radius 3 is 2.97 bits per heavy atom. The maximum absolute atomic E-state index is 12.7. The van der Waals surface area contributed by atoms with Gasteiger partial charge in [0.1, 0.15) is 5.76 Å². The Bertz CT molecular complexity index is 1060. The zero-order valence-corrected chi connectivity index (χ0v) is 18.0. The molecular weight excluding hydrogens is 398 g/mol. The minimum atomic E-state index is -0.0853. The van der Waals surface area contributed by atoms with E-state index >= 15 is 0 Å². The summed E-state index contributed by atoms with van der Waals surface area (Å²) in [6.07, 6.45) is 4.78. The molecule has 1 atom stereocenters. The summed E-state index contributed by atoms with van der Waals surface area (Å²) in [4.78, 5) is 17.8. The van der Waals surface area contributed by atoms with Crippen LogP contribution in [0.4, 0.5) is 0 Å². The van der Waals surface area contributed by atoms with E-state index in [-0.39, 0.29) is 11.7 Å². The monoisotopic (exact) mass is 425 g/mol. The van der Waals surface area contributed by atoms with Gasteiger partial charge < -0.3 is 24.4 Å². The van der Waals surface area contributed by atoms with Crippen LogP contribution >= 0.6 is 12.2 Å². The van der Waals surface area contributed by atoms with Crippen LogP contribution in [0.25, 0.3) is 10.9 Å². The first-order chi connectivity index (χ1) is 14.6. The molecule has 0 radical (unpaired) electrons. The Labute approximate surface area is 181 Å². The molecule has 3 heterocycles. The molecule has 2 N–H and O–H groups in total. The maximum atomic E-state index is 12.7. The lowest BCUT2D eigenvalue weighted by Crippen LogP contribution is -2.43.